The molecule has 5 rings (SSSR count). The fourth-order valence-corrected chi connectivity index (χ4v) is 4.48. The zero-order chi connectivity index (χ0) is 24.0. The van der Waals surface area contributed by atoms with Crippen molar-refractivity contribution in [3.63, 3.8) is 0 Å². The molecule has 0 saturated carbocycles. The van der Waals surface area contributed by atoms with E-state index >= 15 is 0 Å². The van der Waals surface area contributed by atoms with Crippen molar-refractivity contribution < 1.29 is 13.6 Å². The summed E-state index contributed by atoms with van der Waals surface area (Å²) < 4.78 is 19.6. The lowest BCUT2D eigenvalue weighted by molar-refractivity contribution is -0.122. The zero-order valence-corrected chi connectivity index (χ0v) is 19.4. The van der Waals surface area contributed by atoms with Crippen LogP contribution in [0.2, 0.25) is 0 Å². The van der Waals surface area contributed by atoms with Crippen LogP contribution in [-0.2, 0) is 11.3 Å². The predicted molar refractivity (Wildman–Crippen MR) is 138 cm³/mol. The lowest BCUT2D eigenvalue weighted by Crippen LogP contribution is -2.28. The first-order valence-corrected chi connectivity index (χ1v) is 11.7. The molecule has 1 fully saturated rings. The molecule has 0 atom stereocenters. The molecule has 1 aromatic heterocycles. The van der Waals surface area contributed by atoms with E-state index in [2.05, 4.69) is 22.3 Å². The SMILES string of the molecule is O=C1/C(=C/c2ccccc2F)S/C(=N\N=C\c2ccc(-c3ccccc3)cc2)N1Cc1ccco1. The van der Waals surface area contributed by atoms with E-state index in [-0.39, 0.29) is 12.5 Å². The molecule has 1 aliphatic heterocycles. The topological polar surface area (TPSA) is 58.2 Å². The second-order valence-electron chi connectivity index (χ2n) is 7.72. The van der Waals surface area contributed by atoms with Gasteiger partial charge in [0.25, 0.3) is 5.91 Å². The van der Waals surface area contributed by atoms with Gasteiger partial charge in [-0.1, -0.05) is 72.8 Å². The minimum atomic E-state index is -0.395. The van der Waals surface area contributed by atoms with Crippen molar-refractivity contribution in [2.24, 2.45) is 10.2 Å². The highest BCUT2D eigenvalue weighted by molar-refractivity contribution is 8.18. The fraction of sp³-hybridized carbons (Fsp3) is 0.0357. The van der Waals surface area contributed by atoms with Crippen molar-refractivity contribution in [2.45, 2.75) is 6.54 Å². The van der Waals surface area contributed by atoms with Gasteiger partial charge in [0.05, 0.1) is 23.9 Å². The van der Waals surface area contributed by atoms with E-state index < -0.39 is 5.82 Å². The van der Waals surface area contributed by atoms with Gasteiger partial charge in [-0.15, -0.1) is 5.10 Å². The Morgan fingerprint density at radius 3 is 2.37 bits per heavy atom. The molecule has 3 aromatic carbocycles. The molecular weight excluding hydrogens is 461 g/mol. The molecular formula is C28H20FN3O2S. The molecule has 1 amide bonds. The molecule has 0 spiro atoms. The highest BCUT2D eigenvalue weighted by atomic mass is 32.2. The van der Waals surface area contributed by atoms with Crippen LogP contribution < -0.4 is 0 Å². The number of hydrogen-bond donors (Lipinski definition) is 0. The van der Waals surface area contributed by atoms with Crippen molar-refractivity contribution in [3.8, 4) is 11.1 Å². The van der Waals surface area contributed by atoms with E-state index in [0.29, 0.717) is 21.4 Å². The van der Waals surface area contributed by atoms with E-state index in [1.807, 2.05) is 42.5 Å². The maximum absolute atomic E-state index is 14.1. The number of halogens is 1. The molecule has 0 bridgehead atoms. The average molecular weight is 482 g/mol. The number of nitrogens with zero attached hydrogens (tertiary/aromatic N) is 3. The van der Waals surface area contributed by atoms with Crippen molar-refractivity contribution in [2.75, 3.05) is 0 Å². The molecule has 2 heterocycles. The average Bonchev–Trinajstić information content (AvgIpc) is 3.51. The highest BCUT2D eigenvalue weighted by Gasteiger charge is 2.34. The smallest absolute Gasteiger partial charge is 0.267 e. The molecule has 0 radical (unpaired) electrons. The van der Waals surface area contributed by atoms with Crippen molar-refractivity contribution >= 4 is 35.1 Å². The summed E-state index contributed by atoms with van der Waals surface area (Å²) in [7, 11) is 0. The summed E-state index contributed by atoms with van der Waals surface area (Å²) in [6, 6.07) is 27.9. The van der Waals surface area contributed by atoms with Crippen LogP contribution in [0.1, 0.15) is 16.9 Å². The third-order valence-electron chi connectivity index (χ3n) is 5.34. The summed E-state index contributed by atoms with van der Waals surface area (Å²) in [5.41, 5.74) is 3.46. The van der Waals surface area contributed by atoms with Gasteiger partial charge in [-0.25, -0.2) is 4.39 Å². The van der Waals surface area contributed by atoms with Gasteiger partial charge in [-0.3, -0.25) is 9.69 Å². The van der Waals surface area contributed by atoms with Gasteiger partial charge in [0.1, 0.15) is 11.6 Å². The summed E-state index contributed by atoms with van der Waals surface area (Å²) in [6.07, 6.45) is 4.72. The summed E-state index contributed by atoms with van der Waals surface area (Å²) in [5.74, 6) is -0.0663. The Morgan fingerprint density at radius 2 is 1.63 bits per heavy atom. The van der Waals surface area contributed by atoms with E-state index in [4.69, 9.17) is 4.42 Å². The molecule has 0 aliphatic carbocycles. The summed E-state index contributed by atoms with van der Waals surface area (Å²) in [4.78, 5) is 14.9. The molecule has 4 aromatic rings. The van der Waals surface area contributed by atoms with E-state index in [1.54, 1.807) is 42.8 Å². The Bertz CT molecular complexity index is 1410. The number of amides is 1. The van der Waals surface area contributed by atoms with Gasteiger partial charge in [0.2, 0.25) is 0 Å². The Kier molecular flexibility index (Phi) is 6.68. The van der Waals surface area contributed by atoms with Crippen LogP contribution in [0.5, 0.6) is 0 Å². The maximum Gasteiger partial charge on any atom is 0.267 e. The van der Waals surface area contributed by atoms with E-state index in [1.165, 1.54) is 17.0 Å². The van der Waals surface area contributed by atoms with Gasteiger partial charge in [-0.2, -0.15) is 5.10 Å². The largest absolute Gasteiger partial charge is 0.467 e. The number of rotatable bonds is 6. The Labute approximate surface area is 206 Å². The molecule has 172 valence electrons. The van der Waals surface area contributed by atoms with Crippen LogP contribution in [0.25, 0.3) is 17.2 Å². The number of hydrogen-bond acceptors (Lipinski definition) is 5. The maximum atomic E-state index is 14.1. The first-order chi connectivity index (χ1) is 17.2. The zero-order valence-electron chi connectivity index (χ0n) is 18.5. The van der Waals surface area contributed by atoms with Gasteiger partial charge in [0, 0.05) is 5.56 Å². The second-order valence-corrected chi connectivity index (χ2v) is 8.73. The Balaban J connectivity index is 1.38. The number of carbonyl (C=O) groups is 1. The fourth-order valence-electron chi connectivity index (χ4n) is 3.55. The van der Waals surface area contributed by atoms with E-state index in [9.17, 15) is 9.18 Å². The molecule has 0 unspecified atom stereocenters. The molecule has 5 nitrogen and oxygen atoms in total. The van der Waals surface area contributed by atoms with Crippen LogP contribution in [0, 0.1) is 5.82 Å². The van der Waals surface area contributed by atoms with Gasteiger partial charge in [-0.05, 0) is 52.7 Å². The number of amidine groups is 1. The quantitative estimate of drug-likeness (QED) is 0.177. The number of benzene rings is 3. The lowest BCUT2D eigenvalue weighted by Gasteiger charge is -2.12. The van der Waals surface area contributed by atoms with Crippen molar-refractivity contribution in [1.29, 1.82) is 0 Å². The first kappa shape index (κ1) is 22.6. The van der Waals surface area contributed by atoms with Gasteiger partial charge < -0.3 is 4.42 Å². The van der Waals surface area contributed by atoms with Crippen molar-refractivity contribution in [3.05, 3.63) is 125 Å². The van der Waals surface area contributed by atoms with Gasteiger partial charge >= 0.3 is 0 Å². The van der Waals surface area contributed by atoms with Gasteiger partial charge in [0.15, 0.2) is 5.17 Å². The standard InChI is InChI=1S/C28H20FN3O2S/c29-25-11-5-4-9-23(25)17-26-27(33)32(19-24-10-6-16-34-24)28(35-26)31-30-18-20-12-14-22(15-13-20)21-7-2-1-3-8-21/h1-18H,19H2/b26-17-,30-18+,31-28-. The molecule has 7 heteroatoms. The highest BCUT2D eigenvalue weighted by Crippen LogP contribution is 2.34. The summed E-state index contributed by atoms with van der Waals surface area (Å²) >= 11 is 1.15. The van der Waals surface area contributed by atoms with Crippen LogP contribution in [0.15, 0.2) is 117 Å². The third kappa shape index (κ3) is 5.31. The number of furan rings is 1. The van der Waals surface area contributed by atoms with Crippen LogP contribution in [0.3, 0.4) is 0 Å². The lowest BCUT2D eigenvalue weighted by atomic mass is 10.0. The first-order valence-electron chi connectivity index (χ1n) is 10.9. The predicted octanol–water partition coefficient (Wildman–Crippen LogP) is 6.59. The molecule has 1 aliphatic rings. The number of thioether (sulfide) groups is 1. The normalized spacial score (nSPS) is 16.1. The molecule has 35 heavy (non-hydrogen) atoms. The minimum absolute atomic E-state index is 0.202. The monoisotopic (exact) mass is 481 g/mol. The second kappa shape index (κ2) is 10.4. The Hall–Kier alpha value is -4.23. The summed E-state index contributed by atoms with van der Waals surface area (Å²) in [5, 5.41) is 8.91. The minimum Gasteiger partial charge on any atom is -0.467 e. The van der Waals surface area contributed by atoms with Crippen LogP contribution in [-0.4, -0.2) is 22.2 Å². The Morgan fingerprint density at radius 1 is 0.886 bits per heavy atom. The van der Waals surface area contributed by atoms with Crippen LogP contribution in [0.4, 0.5) is 4.39 Å². The number of carbonyl (C=O) groups excluding carboxylic acids is 1. The third-order valence-corrected chi connectivity index (χ3v) is 6.34. The van der Waals surface area contributed by atoms with Crippen LogP contribution >= 0.6 is 11.8 Å². The molecule has 0 N–H and O–H groups in total. The van der Waals surface area contributed by atoms with E-state index in [0.717, 1.165) is 28.5 Å². The van der Waals surface area contributed by atoms with Crippen molar-refractivity contribution in [1.82, 2.24) is 4.90 Å². The molecule has 1 saturated heterocycles. The summed E-state index contributed by atoms with van der Waals surface area (Å²) in [6.45, 7) is 0.202.